The van der Waals surface area contributed by atoms with Crippen molar-refractivity contribution in [3.05, 3.63) is 313 Å². The van der Waals surface area contributed by atoms with Gasteiger partial charge in [0, 0.05) is 34.1 Å². The van der Waals surface area contributed by atoms with Crippen LogP contribution in [0.15, 0.2) is 291 Å². The fourth-order valence-corrected chi connectivity index (χ4v) is 11.4. The van der Waals surface area contributed by atoms with Gasteiger partial charge in [-0.05, 0) is 144 Å². The third kappa shape index (κ3) is 7.19. The van der Waals surface area contributed by atoms with Gasteiger partial charge in [-0.15, -0.1) is 0 Å². The Morgan fingerprint density at radius 2 is 0.704 bits per heavy atom. The number of benzene rings is 12. The van der Waals surface area contributed by atoms with E-state index in [0.29, 0.717) is 0 Å². The summed E-state index contributed by atoms with van der Waals surface area (Å²) in [5.41, 5.74) is 18.0. The van der Waals surface area contributed by atoms with Crippen LogP contribution in [0.3, 0.4) is 0 Å². The summed E-state index contributed by atoms with van der Waals surface area (Å²) in [6.45, 7) is 0. The van der Waals surface area contributed by atoms with Crippen molar-refractivity contribution in [2.75, 3.05) is 9.80 Å². The Balaban J connectivity index is 1.11. The van der Waals surface area contributed by atoms with E-state index in [-0.39, 0.29) is 0 Å². The van der Waals surface area contributed by atoms with Crippen molar-refractivity contribution >= 4 is 55.7 Å². The number of hydrogen-bond acceptors (Lipinski definition) is 2. The average Bonchev–Trinajstić information content (AvgIpc) is 3.74. The van der Waals surface area contributed by atoms with Gasteiger partial charge in [-0.1, -0.05) is 224 Å². The highest BCUT2D eigenvalue weighted by atomic mass is 15.2. The Hall–Kier alpha value is -9.24. The highest BCUT2D eigenvalue weighted by Crippen LogP contribution is 2.57. The minimum absolute atomic E-state index is 0.560. The standard InChI is InChI=1S/C69H48N2/c1-6-24-51(25-7-1)68-62-35-19-18-23-50(62)39-42-63(68)53-45-60(70(56-31-12-4-13-32-56)58-40-38-49-22-16-17-26-52(49)44-58)47-61(46-53)71(57-33-14-5-15-34-57)59-41-43-65-64-36-20-21-37-66(64)69(67(65)48-59,54-27-8-2-9-28-54)55-29-10-3-11-30-55/h1-48H. The molecule has 0 heterocycles. The van der Waals surface area contributed by atoms with E-state index in [2.05, 4.69) is 301 Å². The summed E-state index contributed by atoms with van der Waals surface area (Å²) in [6, 6.07) is 107. The summed E-state index contributed by atoms with van der Waals surface area (Å²) in [6.07, 6.45) is 0. The van der Waals surface area contributed by atoms with E-state index in [1.165, 1.54) is 66.1 Å². The van der Waals surface area contributed by atoms with Crippen molar-refractivity contribution in [2.45, 2.75) is 5.41 Å². The van der Waals surface area contributed by atoms with Crippen LogP contribution in [0.4, 0.5) is 34.1 Å². The lowest BCUT2D eigenvalue weighted by Crippen LogP contribution is -2.28. The lowest BCUT2D eigenvalue weighted by Gasteiger charge is -2.35. The first-order valence-corrected chi connectivity index (χ1v) is 24.5. The Morgan fingerprint density at radius 1 is 0.239 bits per heavy atom. The molecule has 12 aromatic rings. The Bertz CT molecular complexity index is 3830. The quantitative estimate of drug-likeness (QED) is 0.135. The minimum Gasteiger partial charge on any atom is -0.310 e. The molecule has 0 spiro atoms. The Morgan fingerprint density at radius 3 is 1.35 bits per heavy atom. The molecule has 1 aliphatic carbocycles. The van der Waals surface area contributed by atoms with Crippen LogP contribution in [-0.4, -0.2) is 0 Å². The number of para-hydroxylation sites is 2. The van der Waals surface area contributed by atoms with Gasteiger partial charge in [0.1, 0.15) is 0 Å². The number of rotatable bonds is 10. The number of anilines is 6. The van der Waals surface area contributed by atoms with E-state index >= 15 is 0 Å². The second kappa shape index (κ2) is 17.7. The van der Waals surface area contributed by atoms with E-state index in [9.17, 15) is 0 Å². The first-order valence-electron chi connectivity index (χ1n) is 24.5. The molecule has 0 bridgehead atoms. The average molecular weight is 905 g/mol. The maximum absolute atomic E-state index is 2.47. The summed E-state index contributed by atoms with van der Waals surface area (Å²) in [5.74, 6) is 0. The van der Waals surface area contributed by atoms with E-state index in [0.717, 1.165) is 45.3 Å². The van der Waals surface area contributed by atoms with Gasteiger partial charge in [-0.2, -0.15) is 0 Å². The molecule has 12 aromatic carbocycles. The molecule has 0 atom stereocenters. The second-order valence-electron chi connectivity index (χ2n) is 18.4. The fraction of sp³-hybridized carbons (Fsp3) is 0.0145. The van der Waals surface area contributed by atoms with Crippen molar-refractivity contribution in [3.8, 4) is 33.4 Å². The molecule has 0 saturated heterocycles. The fourth-order valence-electron chi connectivity index (χ4n) is 11.4. The molecule has 71 heavy (non-hydrogen) atoms. The lowest BCUT2D eigenvalue weighted by molar-refractivity contribution is 0.768. The maximum Gasteiger partial charge on any atom is 0.0714 e. The summed E-state index contributed by atoms with van der Waals surface area (Å²) in [4.78, 5) is 4.88. The van der Waals surface area contributed by atoms with Gasteiger partial charge in [0.05, 0.1) is 5.41 Å². The van der Waals surface area contributed by atoms with Gasteiger partial charge in [-0.25, -0.2) is 0 Å². The SMILES string of the molecule is c1ccc(-c2c(-c3cc(N(c4ccccc4)c4ccc5c(c4)C(c4ccccc4)(c4ccccc4)c4ccccc4-5)cc(N(c4ccccc4)c4ccc5ccccc5c4)c3)ccc3ccccc23)cc1. The predicted octanol–water partition coefficient (Wildman–Crippen LogP) is 18.6. The monoisotopic (exact) mass is 904 g/mol. The van der Waals surface area contributed by atoms with Crippen LogP contribution in [0.25, 0.3) is 54.9 Å². The van der Waals surface area contributed by atoms with E-state index in [4.69, 9.17) is 0 Å². The molecule has 0 fully saturated rings. The highest BCUT2D eigenvalue weighted by molar-refractivity contribution is 6.05. The van der Waals surface area contributed by atoms with Crippen LogP contribution in [0.1, 0.15) is 22.3 Å². The first kappa shape index (κ1) is 41.9. The number of fused-ring (bicyclic) bond motifs is 5. The molecular weight excluding hydrogens is 857 g/mol. The van der Waals surface area contributed by atoms with Crippen molar-refractivity contribution in [1.82, 2.24) is 0 Å². The van der Waals surface area contributed by atoms with Crippen molar-refractivity contribution in [1.29, 1.82) is 0 Å². The number of hydrogen-bond donors (Lipinski definition) is 0. The van der Waals surface area contributed by atoms with Crippen molar-refractivity contribution < 1.29 is 0 Å². The van der Waals surface area contributed by atoms with E-state index in [1.54, 1.807) is 0 Å². The molecule has 0 aliphatic heterocycles. The lowest BCUT2D eigenvalue weighted by atomic mass is 9.67. The summed E-state index contributed by atoms with van der Waals surface area (Å²) >= 11 is 0. The van der Waals surface area contributed by atoms with Gasteiger partial charge >= 0.3 is 0 Å². The molecule has 0 saturated carbocycles. The molecule has 1 aliphatic rings. The molecule has 0 aromatic heterocycles. The summed E-state index contributed by atoms with van der Waals surface area (Å²) in [5, 5.41) is 4.82. The predicted molar refractivity (Wildman–Crippen MR) is 299 cm³/mol. The van der Waals surface area contributed by atoms with Crippen LogP contribution in [-0.2, 0) is 5.41 Å². The molecule has 13 rings (SSSR count). The molecule has 0 amide bonds. The van der Waals surface area contributed by atoms with E-state index in [1.807, 2.05) is 0 Å². The van der Waals surface area contributed by atoms with E-state index < -0.39 is 5.41 Å². The molecule has 0 N–H and O–H groups in total. The Labute approximate surface area is 415 Å². The molecule has 2 heteroatoms. The van der Waals surface area contributed by atoms with Gasteiger partial charge < -0.3 is 9.80 Å². The van der Waals surface area contributed by atoms with Gasteiger partial charge in [0.15, 0.2) is 0 Å². The smallest absolute Gasteiger partial charge is 0.0714 e. The van der Waals surface area contributed by atoms with Crippen LogP contribution in [0.5, 0.6) is 0 Å². The number of nitrogens with zero attached hydrogens (tertiary/aromatic N) is 2. The van der Waals surface area contributed by atoms with Gasteiger partial charge in [0.25, 0.3) is 0 Å². The second-order valence-corrected chi connectivity index (χ2v) is 18.4. The molecule has 334 valence electrons. The zero-order valence-electron chi connectivity index (χ0n) is 39.1. The largest absolute Gasteiger partial charge is 0.310 e. The zero-order valence-corrected chi connectivity index (χ0v) is 39.1. The third-order valence-corrected chi connectivity index (χ3v) is 14.4. The van der Waals surface area contributed by atoms with Crippen LogP contribution < -0.4 is 9.80 Å². The van der Waals surface area contributed by atoms with Crippen LogP contribution in [0, 0.1) is 0 Å². The molecule has 0 radical (unpaired) electrons. The highest BCUT2D eigenvalue weighted by Gasteiger charge is 2.46. The van der Waals surface area contributed by atoms with Gasteiger partial charge in [0.2, 0.25) is 0 Å². The topological polar surface area (TPSA) is 6.48 Å². The third-order valence-electron chi connectivity index (χ3n) is 14.4. The minimum atomic E-state index is -0.560. The first-order chi connectivity index (χ1) is 35.2. The summed E-state index contributed by atoms with van der Waals surface area (Å²) < 4.78 is 0. The van der Waals surface area contributed by atoms with Gasteiger partial charge in [-0.3, -0.25) is 0 Å². The zero-order chi connectivity index (χ0) is 47.1. The molecule has 2 nitrogen and oxygen atoms in total. The van der Waals surface area contributed by atoms with Crippen LogP contribution >= 0.6 is 0 Å². The van der Waals surface area contributed by atoms with Crippen LogP contribution in [0.2, 0.25) is 0 Å². The Kier molecular flexibility index (Phi) is 10.4. The van der Waals surface area contributed by atoms with Crippen molar-refractivity contribution in [2.24, 2.45) is 0 Å². The molecular formula is C69H48N2. The van der Waals surface area contributed by atoms with Crippen molar-refractivity contribution in [3.63, 3.8) is 0 Å². The summed E-state index contributed by atoms with van der Waals surface area (Å²) in [7, 11) is 0. The maximum atomic E-state index is 2.47. The normalized spacial score (nSPS) is 12.3. The molecule has 0 unspecified atom stereocenters.